The lowest BCUT2D eigenvalue weighted by molar-refractivity contribution is 0.0746. The molecule has 3 rings (SSSR count). The minimum atomic E-state index is 0.00357. The van der Waals surface area contributed by atoms with Crippen molar-refractivity contribution in [3.05, 3.63) is 65.5 Å². The summed E-state index contributed by atoms with van der Waals surface area (Å²) in [5, 5.41) is 0. The Labute approximate surface area is 144 Å². The topological polar surface area (TPSA) is 36.4 Å². The van der Waals surface area contributed by atoms with Gasteiger partial charge in [-0.3, -0.25) is 14.7 Å². The lowest BCUT2D eigenvalue weighted by Gasteiger charge is -2.23. The fourth-order valence-electron chi connectivity index (χ4n) is 3.40. The van der Waals surface area contributed by atoms with Gasteiger partial charge in [0.1, 0.15) is 5.69 Å². The minimum Gasteiger partial charge on any atom is -0.333 e. The van der Waals surface area contributed by atoms with Crippen molar-refractivity contribution >= 4 is 5.91 Å². The van der Waals surface area contributed by atoms with Gasteiger partial charge in [-0.2, -0.15) is 0 Å². The van der Waals surface area contributed by atoms with Gasteiger partial charge < -0.3 is 4.90 Å². The molecule has 1 aromatic heterocycles. The van der Waals surface area contributed by atoms with Crippen molar-refractivity contribution in [2.24, 2.45) is 0 Å². The van der Waals surface area contributed by atoms with Crippen molar-refractivity contribution in [2.75, 3.05) is 20.1 Å². The molecule has 2 aromatic rings. The van der Waals surface area contributed by atoms with Crippen LogP contribution in [0.2, 0.25) is 0 Å². The quantitative estimate of drug-likeness (QED) is 0.845. The summed E-state index contributed by atoms with van der Waals surface area (Å²) in [4.78, 5) is 21.4. The first-order valence-electron chi connectivity index (χ1n) is 8.68. The van der Waals surface area contributed by atoms with Crippen molar-refractivity contribution in [3.63, 3.8) is 0 Å². The Morgan fingerprint density at radius 2 is 2.08 bits per heavy atom. The van der Waals surface area contributed by atoms with Gasteiger partial charge in [0.05, 0.1) is 0 Å². The normalized spacial score (nSPS) is 17.8. The van der Waals surface area contributed by atoms with Crippen LogP contribution in [0.5, 0.6) is 0 Å². The highest BCUT2D eigenvalue weighted by molar-refractivity contribution is 5.92. The number of nitrogens with zero attached hydrogens (tertiary/aromatic N) is 3. The van der Waals surface area contributed by atoms with Crippen LogP contribution >= 0.6 is 0 Å². The van der Waals surface area contributed by atoms with Gasteiger partial charge in [-0.15, -0.1) is 0 Å². The van der Waals surface area contributed by atoms with Crippen LogP contribution in [0.3, 0.4) is 0 Å². The Bertz CT molecular complexity index is 686. The molecule has 0 aliphatic carbocycles. The number of rotatable bonds is 5. The zero-order valence-corrected chi connectivity index (χ0v) is 14.5. The van der Waals surface area contributed by atoms with E-state index in [0.717, 1.165) is 18.5 Å². The predicted molar refractivity (Wildman–Crippen MR) is 95.7 cm³/mol. The average Bonchev–Trinajstić information content (AvgIpc) is 3.06. The first-order valence-corrected chi connectivity index (χ1v) is 8.68. The number of pyridine rings is 1. The molecule has 0 unspecified atom stereocenters. The summed E-state index contributed by atoms with van der Waals surface area (Å²) in [5.41, 5.74) is 2.88. The predicted octanol–water partition coefficient (Wildman–Crippen LogP) is 3.51. The van der Waals surface area contributed by atoms with Gasteiger partial charge in [-0.05, 0) is 56.6 Å². The highest BCUT2D eigenvalue weighted by atomic mass is 16.2. The fourth-order valence-corrected chi connectivity index (χ4v) is 3.40. The molecule has 0 bridgehead atoms. The van der Waals surface area contributed by atoms with E-state index in [1.165, 1.54) is 12.0 Å². The van der Waals surface area contributed by atoms with Crippen LogP contribution in [-0.2, 0) is 6.54 Å². The van der Waals surface area contributed by atoms with Gasteiger partial charge in [-0.1, -0.05) is 30.3 Å². The Kier molecular flexibility index (Phi) is 5.26. The van der Waals surface area contributed by atoms with Crippen molar-refractivity contribution in [2.45, 2.75) is 32.4 Å². The maximum atomic E-state index is 12.9. The second kappa shape index (κ2) is 7.58. The SMILES string of the molecule is CCN(Cc1ccccc1)C(=O)c1cc([C@H]2CCCN2C)ccn1. The monoisotopic (exact) mass is 323 g/mol. The molecule has 126 valence electrons. The van der Waals surface area contributed by atoms with Gasteiger partial charge in [0.25, 0.3) is 5.91 Å². The molecule has 0 spiro atoms. The summed E-state index contributed by atoms with van der Waals surface area (Å²) in [7, 11) is 2.15. The number of likely N-dealkylation sites (tertiary alicyclic amines) is 1. The molecule has 2 heterocycles. The molecule has 0 saturated carbocycles. The van der Waals surface area contributed by atoms with Crippen LogP contribution in [0.1, 0.15) is 47.4 Å². The maximum Gasteiger partial charge on any atom is 0.272 e. The van der Waals surface area contributed by atoms with Crippen molar-refractivity contribution < 1.29 is 4.79 Å². The number of hydrogen-bond donors (Lipinski definition) is 0. The number of benzene rings is 1. The summed E-state index contributed by atoms with van der Waals surface area (Å²) in [6.45, 7) is 4.41. The van der Waals surface area contributed by atoms with Crippen LogP contribution in [0.15, 0.2) is 48.7 Å². The molecule has 1 fully saturated rings. The van der Waals surface area contributed by atoms with E-state index in [2.05, 4.69) is 16.9 Å². The van der Waals surface area contributed by atoms with Crippen LogP contribution in [0, 0.1) is 0 Å². The zero-order valence-electron chi connectivity index (χ0n) is 14.5. The average molecular weight is 323 g/mol. The molecule has 1 amide bonds. The third-order valence-electron chi connectivity index (χ3n) is 4.79. The van der Waals surface area contributed by atoms with Crippen molar-refractivity contribution in [1.82, 2.24) is 14.8 Å². The number of carbonyl (C=O) groups excluding carboxylic acids is 1. The van der Waals surface area contributed by atoms with E-state index < -0.39 is 0 Å². The lowest BCUT2D eigenvalue weighted by Crippen LogP contribution is -2.31. The Morgan fingerprint density at radius 1 is 1.29 bits per heavy atom. The number of amides is 1. The molecule has 1 aliphatic heterocycles. The first-order chi connectivity index (χ1) is 11.7. The molecule has 4 heteroatoms. The van der Waals surface area contributed by atoms with Crippen LogP contribution in [-0.4, -0.2) is 40.8 Å². The van der Waals surface area contributed by atoms with E-state index in [0.29, 0.717) is 24.8 Å². The fraction of sp³-hybridized carbons (Fsp3) is 0.400. The largest absolute Gasteiger partial charge is 0.333 e. The molecule has 0 N–H and O–H groups in total. The van der Waals surface area contributed by atoms with Crippen LogP contribution in [0.4, 0.5) is 0 Å². The third-order valence-corrected chi connectivity index (χ3v) is 4.79. The third kappa shape index (κ3) is 3.65. The highest BCUT2D eigenvalue weighted by Gasteiger charge is 2.24. The highest BCUT2D eigenvalue weighted by Crippen LogP contribution is 2.30. The van der Waals surface area contributed by atoms with Gasteiger partial charge in [-0.25, -0.2) is 0 Å². The van der Waals surface area contributed by atoms with Gasteiger partial charge in [0, 0.05) is 25.3 Å². The lowest BCUT2D eigenvalue weighted by atomic mass is 10.0. The van der Waals surface area contributed by atoms with E-state index in [4.69, 9.17) is 0 Å². The van der Waals surface area contributed by atoms with Crippen LogP contribution in [0.25, 0.3) is 0 Å². The summed E-state index contributed by atoms with van der Waals surface area (Å²) in [6.07, 6.45) is 4.13. The van der Waals surface area contributed by atoms with E-state index in [1.807, 2.05) is 54.3 Å². The molecule has 1 aliphatic rings. The Morgan fingerprint density at radius 3 is 2.75 bits per heavy atom. The zero-order chi connectivity index (χ0) is 16.9. The number of hydrogen-bond acceptors (Lipinski definition) is 3. The van der Waals surface area contributed by atoms with Gasteiger partial charge in [0.2, 0.25) is 0 Å². The summed E-state index contributed by atoms with van der Waals surface area (Å²) in [6, 6.07) is 14.5. The molecule has 0 radical (unpaired) electrons. The molecule has 1 saturated heterocycles. The summed E-state index contributed by atoms with van der Waals surface area (Å²) >= 11 is 0. The van der Waals surface area contributed by atoms with Gasteiger partial charge in [0.15, 0.2) is 0 Å². The molecule has 24 heavy (non-hydrogen) atoms. The van der Waals surface area contributed by atoms with E-state index in [1.54, 1.807) is 6.20 Å². The molecule has 4 nitrogen and oxygen atoms in total. The summed E-state index contributed by atoms with van der Waals surface area (Å²) in [5.74, 6) is 0.00357. The number of aromatic nitrogens is 1. The Hall–Kier alpha value is -2.20. The smallest absolute Gasteiger partial charge is 0.272 e. The van der Waals surface area contributed by atoms with E-state index >= 15 is 0 Å². The molecule has 1 atom stereocenters. The maximum absolute atomic E-state index is 12.9. The summed E-state index contributed by atoms with van der Waals surface area (Å²) < 4.78 is 0. The first kappa shape index (κ1) is 16.7. The van der Waals surface area contributed by atoms with Crippen LogP contribution < -0.4 is 0 Å². The standard InChI is InChI=1S/C20H25N3O/c1-3-23(15-16-8-5-4-6-9-16)20(24)18-14-17(11-12-21-18)19-10-7-13-22(19)2/h4-6,8-9,11-12,14,19H,3,7,10,13,15H2,1-2H3/t19-/m1/s1. The van der Waals surface area contributed by atoms with E-state index in [-0.39, 0.29) is 5.91 Å². The molecule has 1 aromatic carbocycles. The van der Waals surface area contributed by atoms with Crippen molar-refractivity contribution in [1.29, 1.82) is 0 Å². The molecular formula is C20H25N3O. The van der Waals surface area contributed by atoms with Crippen molar-refractivity contribution in [3.8, 4) is 0 Å². The minimum absolute atomic E-state index is 0.00357. The second-order valence-electron chi connectivity index (χ2n) is 6.42. The van der Waals surface area contributed by atoms with E-state index in [9.17, 15) is 4.79 Å². The second-order valence-corrected chi connectivity index (χ2v) is 6.42. The Balaban J connectivity index is 1.78. The van der Waals surface area contributed by atoms with Gasteiger partial charge >= 0.3 is 0 Å². The number of carbonyl (C=O) groups is 1. The molecular weight excluding hydrogens is 298 g/mol.